The molecule has 1 rings (SSSR count). The molecule has 0 fully saturated rings. The summed E-state index contributed by atoms with van der Waals surface area (Å²) in [6, 6.07) is 0. The molecule has 0 saturated carbocycles. The van der Waals surface area contributed by atoms with E-state index in [9.17, 15) is 8.42 Å². The first-order valence-corrected chi connectivity index (χ1v) is 7.60. The van der Waals surface area contributed by atoms with E-state index in [1.54, 1.807) is 11.8 Å². The summed E-state index contributed by atoms with van der Waals surface area (Å²) in [5, 5.41) is 9.61. The van der Waals surface area contributed by atoms with Crippen molar-refractivity contribution in [1.82, 2.24) is 9.78 Å². The lowest BCUT2D eigenvalue weighted by Gasteiger charge is -2.06. The lowest BCUT2D eigenvalue weighted by atomic mass is 10.2. The molecule has 0 aliphatic heterocycles. The van der Waals surface area contributed by atoms with Gasteiger partial charge >= 0.3 is 0 Å². The van der Waals surface area contributed by atoms with Gasteiger partial charge in [0.15, 0.2) is 0 Å². The lowest BCUT2D eigenvalue weighted by Crippen LogP contribution is -2.16. The Balaban J connectivity index is 3.17. The Labute approximate surface area is 108 Å². The van der Waals surface area contributed by atoms with Crippen LogP contribution >= 0.6 is 0 Å². The van der Waals surface area contributed by atoms with Crippen molar-refractivity contribution >= 4 is 10.0 Å². The zero-order valence-electron chi connectivity index (χ0n) is 11.1. The standard InChI is InChI=1S/C11H21N3O3S/c1-4-9-11(18(12,15)16)10(5-2)14(13-9)7-6-8-17-3/h4-8H2,1-3H3,(H2,12,15,16). The summed E-state index contributed by atoms with van der Waals surface area (Å²) in [7, 11) is -2.08. The van der Waals surface area contributed by atoms with Crippen LogP contribution in [0.15, 0.2) is 4.90 Å². The van der Waals surface area contributed by atoms with Crippen LogP contribution in [0.4, 0.5) is 0 Å². The van der Waals surface area contributed by atoms with Crippen LogP contribution in [0.3, 0.4) is 0 Å². The molecule has 6 nitrogen and oxygen atoms in total. The van der Waals surface area contributed by atoms with Crippen molar-refractivity contribution in [3.63, 3.8) is 0 Å². The first-order chi connectivity index (χ1) is 8.45. The molecule has 1 heterocycles. The van der Waals surface area contributed by atoms with Crippen LogP contribution in [0.5, 0.6) is 0 Å². The van der Waals surface area contributed by atoms with Crippen LogP contribution in [-0.2, 0) is 34.1 Å². The van der Waals surface area contributed by atoms with Gasteiger partial charge in [-0.05, 0) is 19.3 Å². The predicted molar refractivity (Wildman–Crippen MR) is 68.8 cm³/mol. The SMILES string of the molecule is CCc1nn(CCCOC)c(CC)c1S(N)(=O)=O. The summed E-state index contributed by atoms with van der Waals surface area (Å²) in [5.74, 6) is 0. The Bertz CT molecular complexity index is 494. The molecule has 0 spiro atoms. The van der Waals surface area contributed by atoms with E-state index in [0.29, 0.717) is 37.4 Å². The van der Waals surface area contributed by atoms with E-state index in [0.717, 1.165) is 6.42 Å². The normalized spacial score (nSPS) is 12.0. The van der Waals surface area contributed by atoms with Crippen molar-refractivity contribution in [2.24, 2.45) is 5.14 Å². The van der Waals surface area contributed by atoms with Crippen molar-refractivity contribution in [3.05, 3.63) is 11.4 Å². The van der Waals surface area contributed by atoms with E-state index >= 15 is 0 Å². The van der Waals surface area contributed by atoms with E-state index in [4.69, 9.17) is 9.88 Å². The molecule has 0 amide bonds. The fourth-order valence-electron chi connectivity index (χ4n) is 1.98. The van der Waals surface area contributed by atoms with Gasteiger partial charge in [-0.3, -0.25) is 4.68 Å². The lowest BCUT2D eigenvalue weighted by molar-refractivity contribution is 0.188. The van der Waals surface area contributed by atoms with Crippen molar-refractivity contribution in [2.75, 3.05) is 13.7 Å². The Kier molecular flexibility index (Phi) is 5.30. The average molecular weight is 275 g/mol. The molecule has 0 aromatic carbocycles. The number of hydrogen-bond donors (Lipinski definition) is 1. The highest BCUT2D eigenvalue weighted by Gasteiger charge is 2.23. The summed E-state index contributed by atoms with van der Waals surface area (Å²) in [6.45, 7) is 5.03. The van der Waals surface area contributed by atoms with Crippen LogP contribution in [-0.4, -0.2) is 31.9 Å². The number of nitrogens with two attached hydrogens (primary N) is 1. The molecule has 0 atom stereocenters. The second-order valence-electron chi connectivity index (χ2n) is 4.04. The molecule has 0 aliphatic carbocycles. The minimum absolute atomic E-state index is 0.199. The zero-order chi connectivity index (χ0) is 13.8. The van der Waals surface area contributed by atoms with Gasteiger partial charge in [-0.1, -0.05) is 13.8 Å². The van der Waals surface area contributed by atoms with E-state index in [1.165, 1.54) is 0 Å². The Morgan fingerprint density at radius 1 is 1.33 bits per heavy atom. The van der Waals surface area contributed by atoms with Gasteiger partial charge in [-0.25, -0.2) is 13.6 Å². The van der Waals surface area contributed by atoms with Gasteiger partial charge in [-0.15, -0.1) is 0 Å². The molecule has 2 N–H and O–H groups in total. The third-order valence-corrected chi connectivity index (χ3v) is 3.79. The average Bonchev–Trinajstić information content (AvgIpc) is 2.67. The summed E-state index contributed by atoms with van der Waals surface area (Å²) in [6.07, 6.45) is 1.93. The minimum Gasteiger partial charge on any atom is -0.385 e. The zero-order valence-corrected chi connectivity index (χ0v) is 12.0. The number of aromatic nitrogens is 2. The molecule has 0 saturated heterocycles. The van der Waals surface area contributed by atoms with Gasteiger partial charge in [-0.2, -0.15) is 5.10 Å². The number of primary sulfonamides is 1. The number of nitrogens with zero attached hydrogens (tertiary/aromatic N) is 2. The van der Waals surface area contributed by atoms with Crippen LogP contribution in [0.25, 0.3) is 0 Å². The molecule has 7 heteroatoms. The highest BCUT2D eigenvalue weighted by atomic mass is 32.2. The second-order valence-corrected chi connectivity index (χ2v) is 5.54. The smallest absolute Gasteiger partial charge is 0.241 e. The first-order valence-electron chi connectivity index (χ1n) is 6.05. The van der Waals surface area contributed by atoms with Gasteiger partial charge in [0.25, 0.3) is 0 Å². The maximum absolute atomic E-state index is 11.6. The van der Waals surface area contributed by atoms with Crippen LogP contribution in [0.2, 0.25) is 0 Å². The number of methoxy groups -OCH3 is 1. The third kappa shape index (κ3) is 3.30. The van der Waals surface area contributed by atoms with Crippen molar-refractivity contribution in [1.29, 1.82) is 0 Å². The van der Waals surface area contributed by atoms with Crippen LogP contribution in [0.1, 0.15) is 31.7 Å². The van der Waals surface area contributed by atoms with E-state index in [2.05, 4.69) is 5.10 Å². The topological polar surface area (TPSA) is 87.2 Å². The van der Waals surface area contributed by atoms with Gasteiger partial charge < -0.3 is 4.74 Å². The Hall–Kier alpha value is -0.920. The second kappa shape index (κ2) is 6.31. The molecule has 1 aromatic heterocycles. The molecular formula is C11H21N3O3S. The highest BCUT2D eigenvalue weighted by molar-refractivity contribution is 7.89. The molecule has 0 aliphatic rings. The first kappa shape index (κ1) is 15.1. The number of ether oxygens (including phenoxy) is 1. The number of aryl methyl sites for hydroxylation is 2. The number of rotatable bonds is 7. The molecule has 1 aromatic rings. The fourth-order valence-corrected chi connectivity index (χ4v) is 3.07. The van der Waals surface area contributed by atoms with E-state index in [1.807, 2.05) is 13.8 Å². The molecule has 0 radical (unpaired) electrons. The van der Waals surface area contributed by atoms with Gasteiger partial charge in [0.2, 0.25) is 10.0 Å². The largest absolute Gasteiger partial charge is 0.385 e. The Morgan fingerprint density at radius 2 is 2.00 bits per heavy atom. The molecule has 0 bridgehead atoms. The summed E-state index contributed by atoms with van der Waals surface area (Å²) < 4.78 is 30.0. The summed E-state index contributed by atoms with van der Waals surface area (Å²) in [4.78, 5) is 0.199. The van der Waals surface area contributed by atoms with Crippen molar-refractivity contribution in [2.45, 2.75) is 44.6 Å². The fraction of sp³-hybridized carbons (Fsp3) is 0.727. The van der Waals surface area contributed by atoms with E-state index in [-0.39, 0.29) is 4.90 Å². The Morgan fingerprint density at radius 3 is 2.44 bits per heavy atom. The minimum atomic E-state index is -3.71. The predicted octanol–water partition coefficient (Wildman–Crippen LogP) is 0.692. The quantitative estimate of drug-likeness (QED) is 0.742. The molecular weight excluding hydrogens is 254 g/mol. The third-order valence-electron chi connectivity index (χ3n) is 2.75. The molecule has 104 valence electrons. The number of hydrogen-bond acceptors (Lipinski definition) is 4. The van der Waals surface area contributed by atoms with Gasteiger partial charge in [0.1, 0.15) is 4.90 Å². The number of sulfonamides is 1. The molecule has 18 heavy (non-hydrogen) atoms. The van der Waals surface area contributed by atoms with Crippen LogP contribution in [0, 0.1) is 0 Å². The molecule has 0 unspecified atom stereocenters. The van der Waals surface area contributed by atoms with Gasteiger partial charge in [0.05, 0.1) is 11.4 Å². The van der Waals surface area contributed by atoms with Crippen molar-refractivity contribution in [3.8, 4) is 0 Å². The summed E-state index contributed by atoms with van der Waals surface area (Å²) >= 11 is 0. The van der Waals surface area contributed by atoms with Crippen LogP contribution < -0.4 is 5.14 Å². The summed E-state index contributed by atoms with van der Waals surface area (Å²) in [5.41, 5.74) is 1.23. The monoisotopic (exact) mass is 275 g/mol. The van der Waals surface area contributed by atoms with E-state index < -0.39 is 10.0 Å². The highest BCUT2D eigenvalue weighted by Crippen LogP contribution is 2.20. The maximum atomic E-state index is 11.6. The van der Waals surface area contributed by atoms with Gasteiger partial charge in [0, 0.05) is 20.3 Å². The van der Waals surface area contributed by atoms with Crippen molar-refractivity contribution < 1.29 is 13.2 Å². The maximum Gasteiger partial charge on any atom is 0.241 e.